The fourth-order valence-corrected chi connectivity index (χ4v) is 13.4. The average molecular weight is 1280 g/mol. The van der Waals surface area contributed by atoms with Crippen LogP contribution in [0.4, 0.5) is 0 Å². The summed E-state index contributed by atoms with van der Waals surface area (Å²) in [5, 5.41) is 45.4. The van der Waals surface area contributed by atoms with E-state index in [0.29, 0.717) is 12.8 Å². The van der Waals surface area contributed by atoms with E-state index >= 15 is 0 Å². The minimum atomic E-state index is -5.09. The number of ether oxygens (including phenoxy) is 2. The molecule has 528 valence electrons. The van der Waals surface area contributed by atoms with Crippen molar-refractivity contribution in [2.24, 2.45) is 0 Å². The molecule has 0 bridgehead atoms. The minimum Gasteiger partial charge on any atom is -0.394 e. The molecule has 1 saturated heterocycles. The van der Waals surface area contributed by atoms with Gasteiger partial charge in [0, 0.05) is 6.42 Å². The molecule has 1 rings (SSSR count). The largest absolute Gasteiger partial charge is 0.397 e. The van der Waals surface area contributed by atoms with Crippen molar-refractivity contribution < 1.29 is 51.8 Å². The van der Waals surface area contributed by atoms with Crippen molar-refractivity contribution in [3.05, 3.63) is 24.3 Å². The molecule has 12 nitrogen and oxygen atoms in total. The third-order valence-electron chi connectivity index (χ3n) is 18.8. The highest BCUT2D eigenvalue weighted by Crippen LogP contribution is 2.27. The molecule has 7 atom stereocenters. The number of amides is 1. The molecule has 0 aromatic rings. The van der Waals surface area contributed by atoms with E-state index in [2.05, 4.69) is 47.7 Å². The molecule has 1 heterocycles. The van der Waals surface area contributed by atoms with Crippen molar-refractivity contribution >= 4 is 16.3 Å². The fraction of sp³-hybridized carbons (Fsp3) is 0.934. The van der Waals surface area contributed by atoms with Crippen molar-refractivity contribution in [1.82, 2.24) is 5.32 Å². The summed E-state index contributed by atoms with van der Waals surface area (Å²) in [5.74, 6) is -0.221. The van der Waals surface area contributed by atoms with E-state index in [1.165, 1.54) is 315 Å². The number of carbonyl (C=O) groups excluding carboxylic acids is 1. The Morgan fingerprint density at radius 1 is 0.449 bits per heavy atom. The van der Waals surface area contributed by atoms with E-state index in [0.717, 1.165) is 57.8 Å². The van der Waals surface area contributed by atoms with Gasteiger partial charge in [0.05, 0.1) is 25.4 Å². The summed E-state index contributed by atoms with van der Waals surface area (Å²) in [6, 6.07) is -0.859. The SMILES string of the molecule is CCCCCCCCCCCCCCC/C=C\C/C=C\CCCCCCCCCCCCCCCCCCCC(=O)NC(COC1OC(CO)C(O)C(OS(=O)(=O)O)C1O)C(O)CCCCCCCCCCCCCCCCCCCCCCCCCCC. The lowest BCUT2D eigenvalue weighted by Gasteiger charge is -2.41. The van der Waals surface area contributed by atoms with Gasteiger partial charge in [0.2, 0.25) is 5.91 Å². The molecule has 89 heavy (non-hydrogen) atoms. The van der Waals surface area contributed by atoms with Crippen LogP contribution < -0.4 is 5.32 Å². The lowest BCUT2D eigenvalue weighted by atomic mass is 9.99. The Labute approximate surface area is 550 Å². The van der Waals surface area contributed by atoms with Crippen LogP contribution in [-0.4, -0.2) is 95.4 Å². The van der Waals surface area contributed by atoms with Crippen LogP contribution >= 0.6 is 0 Å². The summed E-state index contributed by atoms with van der Waals surface area (Å²) in [6.07, 6.45) is 76.7. The second-order valence-corrected chi connectivity index (χ2v) is 28.4. The standard InChI is InChI=1S/C76H147NO11S/c1-3-5-7-9-11-13-15-17-19-21-23-25-27-29-30-31-32-33-34-35-36-37-38-39-40-42-44-46-48-50-52-54-56-58-60-62-64-66-72(80)77-69(68-86-76-74(82)75(88-89(83,84)85)73(81)71(67-78)87-76)70(79)65-63-61-59-57-55-53-51-49-47-45-43-41-28-26-24-22-20-18-16-14-12-10-8-6-4-2/h30-31,33-34,69-71,73-76,78-79,81-82H,3-29,32,35-68H2,1-2H3,(H,77,80)(H,83,84,85)/b31-30-,34-33-. The highest BCUT2D eigenvalue weighted by Gasteiger charge is 2.48. The van der Waals surface area contributed by atoms with Gasteiger partial charge in [-0.1, -0.05) is 372 Å². The number of hydrogen-bond donors (Lipinski definition) is 6. The molecule has 6 N–H and O–H groups in total. The second kappa shape index (κ2) is 65.3. The molecule has 0 radical (unpaired) electrons. The molecule has 0 aromatic carbocycles. The fourth-order valence-electron chi connectivity index (χ4n) is 12.9. The van der Waals surface area contributed by atoms with Crippen LogP contribution in [0.15, 0.2) is 24.3 Å². The predicted molar refractivity (Wildman–Crippen MR) is 375 cm³/mol. The molecular weight excluding hydrogens is 1130 g/mol. The third-order valence-corrected chi connectivity index (χ3v) is 19.2. The van der Waals surface area contributed by atoms with Gasteiger partial charge in [0.25, 0.3) is 0 Å². The third kappa shape index (κ3) is 56.6. The van der Waals surface area contributed by atoms with E-state index in [1.807, 2.05) is 0 Å². The molecule has 1 amide bonds. The first-order chi connectivity index (χ1) is 43.5. The first-order valence-electron chi connectivity index (χ1n) is 38.7. The van der Waals surface area contributed by atoms with Crippen molar-refractivity contribution in [2.45, 2.75) is 442 Å². The van der Waals surface area contributed by atoms with Gasteiger partial charge in [-0.05, 0) is 44.9 Å². The molecule has 0 aromatic heterocycles. The summed E-state index contributed by atoms with van der Waals surface area (Å²) >= 11 is 0. The van der Waals surface area contributed by atoms with Gasteiger partial charge in [0.15, 0.2) is 6.29 Å². The van der Waals surface area contributed by atoms with E-state index in [9.17, 15) is 38.2 Å². The number of rotatable bonds is 70. The Hall–Kier alpha value is -1.42. The zero-order valence-electron chi connectivity index (χ0n) is 58.3. The molecule has 1 aliphatic rings. The van der Waals surface area contributed by atoms with Gasteiger partial charge in [-0.15, -0.1) is 0 Å². The summed E-state index contributed by atoms with van der Waals surface area (Å²) in [7, 11) is -5.09. The molecule has 0 aliphatic carbocycles. The van der Waals surface area contributed by atoms with Crippen molar-refractivity contribution in [3.63, 3.8) is 0 Å². The Balaban J connectivity index is 2.17. The van der Waals surface area contributed by atoms with Gasteiger partial charge in [-0.25, -0.2) is 4.18 Å². The molecular formula is C76H147NO11S. The minimum absolute atomic E-state index is 0.221. The van der Waals surface area contributed by atoms with Crippen LogP contribution in [0.1, 0.15) is 399 Å². The Morgan fingerprint density at radius 2 is 0.753 bits per heavy atom. The van der Waals surface area contributed by atoms with Crippen LogP contribution in [0.5, 0.6) is 0 Å². The summed E-state index contributed by atoms with van der Waals surface area (Å²) in [4.78, 5) is 13.3. The summed E-state index contributed by atoms with van der Waals surface area (Å²) in [6.45, 7) is 3.53. The predicted octanol–water partition coefficient (Wildman–Crippen LogP) is 21.0. The Bertz CT molecular complexity index is 1650. The number of aliphatic hydroxyl groups is 4. The number of nitrogens with one attached hydrogen (secondary N) is 1. The lowest BCUT2D eigenvalue weighted by Crippen LogP contribution is -2.61. The Morgan fingerprint density at radius 3 is 1.07 bits per heavy atom. The van der Waals surface area contributed by atoms with Crippen molar-refractivity contribution in [3.8, 4) is 0 Å². The molecule has 1 aliphatic heterocycles. The van der Waals surface area contributed by atoms with Crippen LogP contribution in [0, 0.1) is 0 Å². The van der Waals surface area contributed by atoms with E-state index in [-0.39, 0.29) is 12.5 Å². The number of hydrogen-bond acceptors (Lipinski definition) is 10. The topological polar surface area (TPSA) is 192 Å². The summed E-state index contributed by atoms with van der Waals surface area (Å²) in [5.41, 5.74) is 0. The maximum absolute atomic E-state index is 13.3. The molecule has 13 heteroatoms. The summed E-state index contributed by atoms with van der Waals surface area (Å²) < 4.78 is 48.2. The highest BCUT2D eigenvalue weighted by atomic mass is 32.3. The van der Waals surface area contributed by atoms with Crippen LogP contribution in [-0.2, 0) is 28.9 Å². The van der Waals surface area contributed by atoms with Crippen LogP contribution in [0.2, 0.25) is 0 Å². The van der Waals surface area contributed by atoms with Gasteiger partial charge < -0.3 is 35.2 Å². The number of unbranched alkanes of at least 4 members (excludes halogenated alkanes) is 54. The maximum atomic E-state index is 13.3. The first-order valence-corrected chi connectivity index (χ1v) is 40.1. The number of aliphatic hydroxyl groups excluding tert-OH is 4. The van der Waals surface area contributed by atoms with Crippen molar-refractivity contribution in [1.29, 1.82) is 0 Å². The van der Waals surface area contributed by atoms with E-state index < -0.39 is 59.9 Å². The zero-order chi connectivity index (χ0) is 64.6. The van der Waals surface area contributed by atoms with Crippen LogP contribution in [0.3, 0.4) is 0 Å². The van der Waals surface area contributed by atoms with Gasteiger partial charge in [-0.3, -0.25) is 9.35 Å². The number of carbonyl (C=O) groups is 1. The zero-order valence-corrected chi connectivity index (χ0v) is 59.1. The molecule has 1 fully saturated rings. The van der Waals surface area contributed by atoms with Gasteiger partial charge in [0.1, 0.15) is 24.4 Å². The van der Waals surface area contributed by atoms with E-state index in [4.69, 9.17) is 9.47 Å². The monoisotopic (exact) mass is 1280 g/mol. The second-order valence-electron chi connectivity index (χ2n) is 27.3. The lowest BCUT2D eigenvalue weighted by molar-refractivity contribution is -0.298. The van der Waals surface area contributed by atoms with Gasteiger partial charge >= 0.3 is 10.4 Å². The highest BCUT2D eigenvalue weighted by molar-refractivity contribution is 7.80. The first kappa shape index (κ1) is 85.6. The van der Waals surface area contributed by atoms with Gasteiger partial charge in [-0.2, -0.15) is 8.42 Å². The van der Waals surface area contributed by atoms with E-state index in [1.54, 1.807) is 0 Å². The molecule has 0 spiro atoms. The average Bonchev–Trinajstić information content (AvgIpc) is 1.63. The maximum Gasteiger partial charge on any atom is 0.397 e. The molecule has 0 saturated carbocycles. The smallest absolute Gasteiger partial charge is 0.394 e. The van der Waals surface area contributed by atoms with Crippen LogP contribution in [0.25, 0.3) is 0 Å². The quantitative estimate of drug-likeness (QED) is 0.0193. The molecule has 7 unspecified atom stereocenters. The van der Waals surface area contributed by atoms with Crippen molar-refractivity contribution in [2.75, 3.05) is 13.2 Å². The normalized spacial score (nSPS) is 18.0. The number of allylic oxidation sites excluding steroid dienone is 4. The Kier molecular flexibility index (Phi) is 62.8.